The summed E-state index contributed by atoms with van der Waals surface area (Å²) in [5.41, 5.74) is 9.08. The van der Waals surface area contributed by atoms with Crippen molar-refractivity contribution in [3.05, 3.63) is 146 Å². The summed E-state index contributed by atoms with van der Waals surface area (Å²) in [6.45, 7) is 0. The van der Waals surface area contributed by atoms with Crippen LogP contribution in [-0.4, -0.2) is 29.5 Å². The molecule has 5 aromatic carbocycles. The van der Waals surface area contributed by atoms with Crippen LogP contribution in [0.15, 0.2) is 146 Å². The third-order valence-corrected chi connectivity index (χ3v) is 7.69. The molecule has 6 nitrogen and oxygen atoms in total. The maximum atomic E-state index is 5.01. The number of aromatic nitrogens is 6. The van der Waals surface area contributed by atoms with Gasteiger partial charge in [0.2, 0.25) is 0 Å². The highest BCUT2D eigenvalue weighted by atomic mass is 15.0. The van der Waals surface area contributed by atoms with Crippen molar-refractivity contribution < 1.29 is 0 Å². The van der Waals surface area contributed by atoms with Crippen molar-refractivity contribution in [2.75, 3.05) is 0 Å². The lowest BCUT2D eigenvalue weighted by Crippen LogP contribution is -1.97. The maximum Gasteiger partial charge on any atom is 0.162 e. The Kier molecular flexibility index (Phi) is 6.01. The molecule has 0 aliphatic carbocycles. The average molecular weight is 553 g/mol. The smallest absolute Gasteiger partial charge is 0.162 e. The molecule has 0 spiro atoms. The fraction of sp³-hybridized carbons (Fsp3) is 0. The second kappa shape index (κ2) is 10.4. The van der Waals surface area contributed by atoms with E-state index in [4.69, 9.17) is 9.97 Å². The number of hydrogen-bond acceptors (Lipinski definition) is 5. The Hall–Kier alpha value is -6.01. The van der Waals surface area contributed by atoms with Gasteiger partial charge in [-0.1, -0.05) is 103 Å². The van der Waals surface area contributed by atoms with E-state index in [0.717, 1.165) is 39.3 Å². The largest absolute Gasteiger partial charge is 0.309 e. The van der Waals surface area contributed by atoms with Crippen molar-refractivity contribution in [3.8, 4) is 51.0 Å². The number of nitrogens with zero attached hydrogens (tertiary/aromatic N) is 6. The molecule has 0 saturated heterocycles. The van der Waals surface area contributed by atoms with E-state index >= 15 is 0 Å². The van der Waals surface area contributed by atoms with E-state index in [1.807, 2.05) is 54.6 Å². The maximum absolute atomic E-state index is 5.01. The molecule has 0 N–H and O–H groups in total. The van der Waals surface area contributed by atoms with E-state index in [9.17, 15) is 0 Å². The molecule has 0 radical (unpaired) electrons. The minimum atomic E-state index is 0.637. The zero-order chi connectivity index (χ0) is 28.6. The molecule has 3 aromatic heterocycles. The quantitative estimate of drug-likeness (QED) is 0.214. The number of hydrogen-bond donors (Lipinski definition) is 0. The van der Waals surface area contributed by atoms with Crippen molar-refractivity contribution in [1.29, 1.82) is 0 Å². The van der Waals surface area contributed by atoms with E-state index in [-0.39, 0.29) is 0 Å². The Balaban J connectivity index is 1.22. The summed E-state index contributed by atoms with van der Waals surface area (Å²) in [5, 5.41) is 2.49. The molecule has 0 aliphatic rings. The second-order valence-corrected chi connectivity index (χ2v) is 10.3. The van der Waals surface area contributed by atoms with Crippen LogP contribution in [0.3, 0.4) is 0 Å². The van der Waals surface area contributed by atoms with Crippen LogP contribution in [0.1, 0.15) is 0 Å². The lowest BCUT2D eigenvalue weighted by atomic mass is 10.0. The summed E-state index contributed by atoms with van der Waals surface area (Å²) in [7, 11) is 0. The summed E-state index contributed by atoms with van der Waals surface area (Å²) in [4.78, 5) is 22.4. The van der Waals surface area contributed by atoms with Gasteiger partial charge in [-0.05, 0) is 30.3 Å². The van der Waals surface area contributed by atoms with Crippen molar-refractivity contribution >= 4 is 21.8 Å². The lowest BCUT2D eigenvalue weighted by molar-refractivity contribution is 1.06. The van der Waals surface area contributed by atoms with E-state index in [2.05, 4.69) is 98.4 Å². The van der Waals surface area contributed by atoms with Gasteiger partial charge in [0.05, 0.1) is 22.4 Å². The van der Waals surface area contributed by atoms with Gasteiger partial charge in [0.1, 0.15) is 12.7 Å². The number of para-hydroxylation sites is 2. The predicted octanol–water partition coefficient (Wildman–Crippen LogP) is 8.43. The highest BCUT2D eigenvalue weighted by Gasteiger charge is 2.14. The van der Waals surface area contributed by atoms with E-state index in [1.165, 1.54) is 34.5 Å². The Morgan fingerprint density at radius 3 is 1.51 bits per heavy atom. The Morgan fingerprint density at radius 2 is 0.907 bits per heavy atom. The van der Waals surface area contributed by atoms with Crippen molar-refractivity contribution in [2.45, 2.75) is 0 Å². The van der Waals surface area contributed by atoms with E-state index < -0.39 is 0 Å². The molecular weight excluding hydrogens is 528 g/mol. The van der Waals surface area contributed by atoms with Crippen LogP contribution in [-0.2, 0) is 0 Å². The SMILES string of the molecule is c1ccc(-c2nc(-c3ccc(-c4ncncn4)cc3)cc(-c3ccc(-n4c5ccccc5c5ccccc54)cc3)n2)cc1. The molecule has 0 unspecified atom stereocenters. The van der Waals surface area contributed by atoms with Crippen LogP contribution < -0.4 is 0 Å². The number of benzene rings is 5. The first-order chi connectivity index (χ1) is 21.3. The van der Waals surface area contributed by atoms with E-state index in [1.54, 1.807) is 0 Å². The molecule has 0 bridgehead atoms. The Bertz CT molecular complexity index is 2150. The van der Waals surface area contributed by atoms with E-state index in [0.29, 0.717) is 11.6 Å². The summed E-state index contributed by atoms with van der Waals surface area (Å²) in [5.74, 6) is 1.32. The van der Waals surface area contributed by atoms with Crippen molar-refractivity contribution in [2.24, 2.45) is 0 Å². The van der Waals surface area contributed by atoms with Crippen molar-refractivity contribution in [3.63, 3.8) is 0 Å². The molecule has 0 saturated carbocycles. The monoisotopic (exact) mass is 552 g/mol. The molecule has 0 aliphatic heterocycles. The van der Waals surface area contributed by atoms with Crippen LogP contribution in [0, 0.1) is 0 Å². The van der Waals surface area contributed by atoms with Gasteiger partial charge >= 0.3 is 0 Å². The van der Waals surface area contributed by atoms with Gasteiger partial charge in [-0.3, -0.25) is 0 Å². The molecule has 6 heteroatoms. The predicted molar refractivity (Wildman–Crippen MR) is 171 cm³/mol. The summed E-state index contributed by atoms with van der Waals surface area (Å²) in [6, 6.07) is 46.0. The number of fused-ring (bicyclic) bond motifs is 3. The van der Waals surface area contributed by atoms with Gasteiger partial charge < -0.3 is 4.57 Å². The van der Waals surface area contributed by atoms with Crippen LogP contribution in [0.4, 0.5) is 0 Å². The van der Waals surface area contributed by atoms with Crippen LogP contribution in [0.2, 0.25) is 0 Å². The molecule has 3 heterocycles. The molecular formula is C37H24N6. The van der Waals surface area contributed by atoms with Gasteiger partial charge in [-0.15, -0.1) is 0 Å². The topological polar surface area (TPSA) is 69.4 Å². The minimum absolute atomic E-state index is 0.637. The zero-order valence-electron chi connectivity index (χ0n) is 23.0. The van der Waals surface area contributed by atoms with Gasteiger partial charge in [0.15, 0.2) is 11.6 Å². The minimum Gasteiger partial charge on any atom is -0.309 e. The van der Waals surface area contributed by atoms with Crippen LogP contribution >= 0.6 is 0 Å². The summed E-state index contributed by atoms with van der Waals surface area (Å²) in [6.07, 6.45) is 3.01. The first-order valence-corrected chi connectivity index (χ1v) is 14.1. The summed E-state index contributed by atoms with van der Waals surface area (Å²) < 4.78 is 2.32. The van der Waals surface area contributed by atoms with Gasteiger partial charge in [-0.2, -0.15) is 0 Å². The van der Waals surface area contributed by atoms with Gasteiger partial charge in [0, 0.05) is 38.7 Å². The third kappa shape index (κ3) is 4.51. The molecule has 0 amide bonds. The normalized spacial score (nSPS) is 11.3. The van der Waals surface area contributed by atoms with Crippen molar-refractivity contribution in [1.82, 2.24) is 29.5 Å². The van der Waals surface area contributed by atoms with Crippen LogP contribution in [0.25, 0.3) is 72.8 Å². The molecule has 8 rings (SSSR count). The standard InChI is InChI=1S/C37H24N6/c1-2-8-27(9-3-1)37-41-32(25-14-16-28(17-15-25)36-39-23-38-24-40-36)22-33(42-37)26-18-20-29(21-19-26)43-34-12-6-4-10-30(34)31-11-5-7-13-35(31)43/h1-24H. The molecule has 202 valence electrons. The van der Waals surface area contributed by atoms with Crippen LogP contribution in [0.5, 0.6) is 0 Å². The zero-order valence-corrected chi connectivity index (χ0v) is 23.0. The lowest BCUT2D eigenvalue weighted by Gasteiger charge is -2.11. The second-order valence-electron chi connectivity index (χ2n) is 10.3. The fourth-order valence-corrected chi connectivity index (χ4v) is 5.62. The van der Waals surface area contributed by atoms with Gasteiger partial charge in [-0.25, -0.2) is 24.9 Å². The first-order valence-electron chi connectivity index (χ1n) is 14.1. The molecule has 0 fully saturated rings. The van der Waals surface area contributed by atoms with Gasteiger partial charge in [0.25, 0.3) is 0 Å². The molecule has 43 heavy (non-hydrogen) atoms. The fourth-order valence-electron chi connectivity index (χ4n) is 5.62. The third-order valence-electron chi connectivity index (χ3n) is 7.69. The Morgan fingerprint density at radius 1 is 0.419 bits per heavy atom. The molecule has 0 atom stereocenters. The number of rotatable bonds is 5. The Labute approximate surface area is 248 Å². The highest BCUT2D eigenvalue weighted by molar-refractivity contribution is 6.09. The average Bonchev–Trinajstić information content (AvgIpc) is 3.43. The summed E-state index contributed by atoms with van der Waals surface area (Å²) >= 11 is 0. The first kappa shape index (κ1) is 24.8. The highest BCUT2D eigenvalue weighted by Crippen LogP contribution is 2.33. The molecule has 8 aromatic rings.